The largest absolute Gasteiger partial charge is 0.618 e. The van der Waals surface area contributed by atoms with Crippen molar-refractivity contribution in [3.8, 4) is 27.9 Å². The molecule has 1 amide bonds. The molecule has 1 saturated carbocycles. The highest BCUT2D eigenvalue weighted by Gasteiger charge is 2.30. The third-order valence-electron chi connectivity index (χ3n) is 8.32. The molecule has 0 spiro atoms. The molecule has 7 rings (SSSR count). The van der Waals surface area contributed by atoms with Gasteiger partial charge >= 0.3 is 0 Å². The number of carbonyl (C=O) groups excluding carboxylic acids is 1. The Labute approximate surface area is 263 Å². The van der Waals surface area contributed by atoms with E-state index in [1.54, 1.807) is 41.2 Å². The smallest absolute Gasteiger partial charge is 0.251 e. The van der Waals surface area contributed by atoms with E-state index in [0.717, 1.165) is 48.0 Å². The van der Waals surface area contributed by atoms with Gasteiger partial charge in [0.1, 0.15) is 12.4 Å². The normalized spacial score (nSPS) is 17.2. The standard InChI is InChI=1S/C32H30ClFN8O3/c33-26-11-13-28(41-19-35-38-39-41)30(31(26)34)22-8-12-27(42(44)18-22)29(15-25-3-1-2-14-45-25)40-17-23(16-36-40)20-4-6-21(7-5-20)32(43)37-24-9-10-24/h4-8,11-13,16-19,24-25,29H,1-3,9-10,14-15H2,(H,37,43)/t25-,29?/m0/s1. The van der Waals surface area contributed by atoms with Gasteiger partial charge in [-0.3, -0.25) is 9.48 Å². The van der Waals surface area contributed by atoms with E-state index in [1.807, 2.05) is 18.3 Å². The molecule has 230 valence electrons. The van der Waals surface area contributed by atoms with E-state index < -0.39 is 11.9 Å². The van der Waals surface area contributed by atoms with Crippen LogP contribution in [0.3, 0.4) is 0 Å². The summed E-state index contributed by atoms with van der Waals surface area (Å²) in [6.45, 7) is 0.673. The zero-order chi connectivity index (χ0) is 30.9. The summed E-state index contributed by atoms with van der Waals surface area (Å²) in [6, 6.07) is 13.6. The lowest BCUT2D eigenvalue weighted by atomic mass is 9.98. The Bertz CT molecular complexity index is 1820. The number of ether oxygens (including phenoxy) is 1. The summed E-state index contributed by atoms with van der Waals surface area (Å²) in [5.41, 5.74) is 3.55. The van der Waals surface area contributed by atoms with Gasteiger partial charge in [-0.25, -0.2) is 4.39 Å². The maximum absolute atomic E-state index is 15.4. The molecule has 1 aliphatic heterocycles. The number of pyridine rings is 1. The number of hydrogen-bond donors (Lipinski definition) is 1. The summed E-state index contributed by atoms with van der Waals surface area (Å²) in [5, 5.41) is 32.5. The van der Waals surface area contributed by atoms with Gasteiger partial charge in [-0.2, -0.15) is 14.5 Å². The van der Waals surface area contributed by atoms with Crippen LogP contribution in [0.4, 0.5) is 4.39 Å². The van der Waals surface area contributed by atoms with Crippen molar-refractivity contribution in [2.45, 2.75) is 56.7 Å². The van der Waals surface area contributed by atoms with E-state index >= 15 is 4.39 Å². The van der Waals surface area contributed by atoms with E-state index in [9.17, 15) is 10.0 Å². The molecule has 0 bridgehead atoms. The van der Waals surface area contributed by atoms with Gasteiger partial charge in [0.15, 0.2) is 12.0 Å². The van der Waals surface area contributed by atoms with Crippen LogP contribution in [0.1, 0.15) is 60.6 Å². The number of carbonyl (C=O) groups is 1. The van der Waals surface area contributed by atoms with Crippen molar-refractivity contribution in [3.05, 3.63) is 101 Å². The lowest BCUT2D eigenvalue weighted by Crippen LogP contribution is -2.37. The van der Waals surface area contributed by atoms with Crippen LogP contribution in [0.25, 0.3) is 27.9 Å². The number of tetrazole rings is 1. The molecule has 1 N–H and O–H groups in total. The van der Waals surface area contributed by atoms with Gasteiger partial charge in [0.25, 0.3) is 5.91 Å². The highest BCUT2D eigenvalue weighted by Crippen LogP contribution is 2.34. The summed E-state index contributed by atoms with van der Waals surface area (Å²) in [7, 11) is 0. The molecular weight excluding hydrogens is 599 g/mol. The third kappa shape index (κ3) is 6.16. The number of halogens is 2. The van der Waals surface area contributed by atoms with Crippen molar-refractivity contribution >= 4 is 17.5 Å². The van der Waals surface area contributed by atoms with Crippen molar-refractivity contribution in [3.63, 3.8) is 0 Å². The molecule has 2 aliphatic rings. The molecule has 1 aliphatic carbocycles. The average molecular weight is 629 g/mol. The first-order valence-electron chi connectivity index (χ1n) is 15.0. The van der Waals surface area contributed by atoms with Crippen LogP contribution in [-0.4, -0.2) is 54.6 Å². The third-order valence-corrected chi connectivity index (χ3v) is 8.61. The molecule has 11 nitrogen and oxygen atoms in total. The minimum Gasteiger partial charge on any atom is -0.618 e. The van der Waals surface area contributed by atoms with E-state index in [0.29, 0.717) is 35.5 Å². The fourth-order valence-electron chi connectivity index (χ4n) is 5.75. The molecule has 45 heavy (non-hydrogen) atoms. The maximum atomic E-state index is 15.4. The lowest BCUT2D eigenvalue weighted by molar-refractivity contribution is -0.615. The van der Waals surface area contributed by atoms with Gasteiger partial charge in [-0.15, -0.1) is 5.10 Å². The van der Waals surface area contributed by atoms with E-state index in [2.05, 4.69) is 25.9 Å². The van der Waals surface area contributed by atoms with Crippen LogP contribution in [-0.2, 0) is 4.74 Å². The van der Waals surface area contributed by atoms with Crippen LogP contribution in [0.2, 0.25) is 5.02 Å². The average Bonchev–Trinajstić information content (AvgIpc) is 3.48. The topological polar surface area (TPSA) is 127 Å². The SMILES string of the molecule is O=C(NC1CC1)c1ccc(-c2cnn(C(C[C@@H]3CCCCO3)c3ccc(-c4c(-n5cnnn5)ccc(Cl)c4F)c[n+]3[O-])c2)cc1. The van der Waals surface area contributed by atoms with E-state index in [4.69, 9.17) is 16.3 Å². The number of nitrogens with one attached hydrogen (secondary N) is 1. The van der Waals surface area contributed by atoms with Crippen LogP contribution >= 0.6 is 11.6 Å². The van der Waals surface area contributed by atoms with Gasteiger partial charge < -0.3 is 15.3 Å². The number of benzene rings is 2. The second-order valence-corrected chi connectivity index (χ2v) is 11.9. The minimum atomic E-state index is -0.683. The molecule has 0 radical (unpaired) electrons. The molecule has 4 heterocycles. The summed E-state index contributed by atoms with van der Waals surface area (Å²) < 4.78 is 25.3. The summed E-state index contributed by atoms with van der Waals surface area (Å²) >= 11 is 6.14. The molecule has 1 unspecified atom stereocenters. The van der Waals surface area contributed by atoms with Gasteiger partial charge in [0.2, 0.25) is 5.69 Å². The molecule has 5 aromatic rings. The fourth-order valence-corrected chi connectivity index (χ4v) is 5.91. The zero-order valence-electron chi connectivity index (χ0n) is 24.2. The van der Waals surface area contributed by atoms with E-state index in [1.165, 1.54) is 23.3 Å². The Hall–Kier alpha value is -4.68. The Balaban J connectivity index is 1.21. The number of aromatic nitrogens is 7. The highest BCUT2D eigenvalue weighted by molar-refractivity contribution is 6.31. The molecule has 2 fully saturated rings. The Morgan fingerprint density at radius 1 is 1.09 bits per heavy atom. The molecule has 3 aromatic heterocycles. The van der Waals surface area contributed by atoms with Crippen molar-refractivity contribution in [1.29, 1.82) is 0 Å². The number of rotatable bonds is 9. The summed E-state index contributed by atoms with van der Waals surface area (Å²) in [6.07, 6.45) is 11.8. The van der Waals surface area contributed by atoms with Gasteiger partial charge in [-0.05, 0) is 78.4 Å². The first-order valence-corrected chi connectivity index (χ1v) is 15.3. The second-order valence-electron chi connectivity index (χ2n) is 11.5. The van der Waals surface area contributed by atoms with Crippen molar-refractivity contribution in [1.82, 2.24) is 35.3 Å². The number of amides is 1. The Morgan fingerprint density at radius 3 is 2.62 bits per heavy atom. The number of nitrogens with zero attached hydrogens (tertiary/aromatic N) is 7. The first-order chi connectivity index (χ1) is 21.9. The highest BCUT2D eigenvalue weighted by atomic mass is 35.5. The molecular formula is C32H30ClFN8O3. The van der Waals surface area contributed by atoms with Gasteiger partial charge in [0.05, 0.1) is 34.1 Å². The predicted octanol–water partition coefficient (Wildman–Crippen LogP) is 5.06. The van der Waals surface area contributed by atoms with Crippen LogP contribution in [0, 0.1) is 11.0 Å². The lowest BCUT2D eigenvalue weighted by Gasteiger charge is -2.26. The molecule has 2 atom stereocenters. The van der Waals surface area contributed by atoms with Crippen molar-refractivity contribution in [2.24, 2.45) is 0 Å². The van der Waals surface area contributed by atoms with E-state index in [-0.39, 0.29) is 28.6 Å². The van der Waals surface area contributed by atoms with Crippen molar-refractivity contribution in [2.75, 3.05) is 6.61 Å². The van der Waals surface area contributed by atoms with Gasteiger partial charge in [0, 0.05) is 42.5 Å². The molecule has 13 heteroatoms. The fraction of sp³-hybridized carbons (Fsp3) is 0.312. The van der Waals surface area contributed by atoms with Crippen molar-refractivity contribution < 1.29 is 18.7 Å². The maximum Gasteiger partial charge on any atom is 0.251 e. The minimum absolute atomic E-state index is 0.0443. The van der Waals surface area contributed by atoms with Crippen LogP contribution < -0.4 is 10.0 Å². The Kier molecular flexibility index (Phi) is 7.99. The van der Waals surface area contributed by atoms with Crippen LogP contribution in [0.15, 0.2) is 73.4 Å². The second kappa shape index (κ2) is 12.4. The zero-order valence-corrected chi connectivity index (χ0v) is 25.0. The monoisotopic (exact) mass is 628 g/mol. The predicted molar refractivity (Wildman–Crippen MR) is 163 cm³/mol. The van der Waals surface area contributed by atoms with Crippen LogP contribution in [0.5, 0.6) is 0 Å². The van der Waals surface area contributed by atoms with Gasteiger partial charge in [-0.1, -0.05) is 23.7 Å². The molecule has 1 saturated heterocycles. The quantitative estimate of drug-likeness (QED) is 0.179. The Morgan fingerprint density at radius 2 is 1.91 bits per heavy atom. The summed E-state index contributed by atoms with van der Waals surface area (Å²) in [4.78, 5) is 12.4. The molecule has 2 aromatic carbocycles. The number of hydrogen-bond acceptors (Lipinski definition) is 7. The first kappa shape index (κ1) is 29.1. The summed E-state index contributed by atoms with van der Waals surface area (Å²) in [5.74, 6) is -0.754.